The molecule has 1 amide bonds. The standard InChI is InChI=1S/C13H13N3O2S/c17-13(18-9-4-2-1-3-5-9)16-12-15-10-6-7-14-8-11(10)19-12/h1-5,14H,6-8H2,(H,15,16,17). The number of carbonyl (C=O) groups is 1. The maximum absolute atomic E-state index is 11.7. The van der Waals surface area contributed by atoms with Gasteiger partial charge in [-0.25, -0.2) is 9.78 Å². The first-order valence-corrected chi connectivity index (χ1v) is 6.86. The van der Waals surface area contributed by atoms with Gasteiger partial charge in [0.15, 0.2) is 5.13 Å². The lowest BCUT2D eigenvalue weighted by atomic mass is 10.2. The third kappa shape index (κ3) is 2.91. The van der Waals surface area contributed by atoms with Gasteiger partial charge in [-0.05, 0) is 12.1 Å². The van der Waals surface area contributed by atoms with Gasteiger partial charge in [0.1, 0.15) is 5.75 Å². The average molecular weight is 275 g/mol. The van der Waals surface area contributed by atoms with Crippen LogP contribution in [0.25, 0.3) is 0 Å². The molecule has 2 heterocycles. The minimum absolute atomic E-state index is 0.509. The van der Waals surface area contributed by atoms with E-state index in [0.29, 0.717) is 10.9 Å². The fourth-order valence-electron chi connectivity index (χ4n) is 1.89. The van der Waals surface area contributed by atoms with E-state index in [9.17, 15) is 4.79 Å². The summed E-state index contributed by atoms with van der Waals surface area (Å²) in [6.07, 6.45) is 0.395. The predicted molar refractivity (Wildman–Crippen MR) is 73.6 cm³/mol. The summed E-state index contributed by atoms with van der Waals surface area (Å²) in [5, 5.41) is 6.53. The molecule has 1 aromatic heterocycles. The van der Waals surface area contributed by atoms with Gasteiger partial charge in [0.25, 0.3) is 0 Å². The maximum Gasteiger partial charge on any atom is 0.418 e. The molecule has 0 saturated heterocycles. The number of nitrogens with zero attached hydrogens (tertiary/aromatic N) is 1. The normalized spacial score (nSPS) is 13.7. The molecule has 0 bridgehead atoms. The molecule has 0 radical (unpaired) electrons. The van der Waals surface area contributed by atoms with Crippen LogP contribution in [0.4, 0.5) is 9.93 Å². The van der Waals surface area contributed by atoms with E-state index in [1.54, 1.807) is 12.1 Å². The molecule has 0 aliphatic carbocycles. The zero-order chi connectivity index (χ0) is 13.1. The number of fused-ring (bicyclic) bond motifs is 1. The van der Waals surface area contributed by atoms with Crippen LogP contribution in [0.3, 0.4) is 0 Å². The van der Waals surface area contributed by atoms with Crippen molar-refractivity contribution in [2.24, 2.45) is 0 Å². The summed E-state index contributed by atoms with van der Waals surface area (Å²) in [5.41, 5.74) is 1.07. The molecule has 1 aliphatic rings. The van der Waals surface area contributed by atoms with Gasteiger partial charge < -0.3 is 10.1 Å². The number of rotatable bonds is 2. The van der Waals surface area contributed by atoms with Crippen LogP contribution in [0.2, 0.25) is 0 Å². The second-order valence-corrected chi connectivity index (χ2v) is 5.23. The Labute approximate surface area is 114 Å². The van der Waals surface area contributed by atoms with E-state index in [0.717, 1.165) is 25.2 Å². The molecule has 1 aliphatic heterocycles. The Morgan fingerprint density at radius 2 is 2.21 bits per heavy atom. The molecule has 2 aromatic rings. The molecule has 2 N–H and O–H groups in total. The first kappa shape index (κ1) is 12.1. The summed E-state index contributed by atoms with van der Waals surface area (Å²) in [7, 11) is 0. The first-order chi connectivity index (χ1) is 9.31. The number of aromatic nitrogens is 1. The molecule has 98 valence electrons. The number of carbonyl (C=O) groups excluding carboxylic acids is 1. The molecular weight excluding hydrogens is 262 g/mol. The van der Waals surface area contributed by atoms with Crippen molar-refractivity contribution in [1.82, 2.24) is 10.3 Å². The van der Waals surface area contributed by atoms with Crippen molar-refractivity contribution in [2.45, 2.75) is 13.0 Å². The zero-order valence-electron chi connectivity index (χ0n) is 10.2. The zero-order valence-corrected chi connectivity index (χ0v) is 11.0. The summed E-state index contributed by atoms with van der Waals surface area (Å²) < 4.78 is 5.15. The molecule has 1 aromatic carbocycles. The minimum Gasteiger partial charge on any atom is -0.410 e. The Hall–Kier alpha value is -1.92. The SMILES string of the molecule is O=C(Nc1nc2c(s1)CNCC2)Oc1ccccc1. The second kappa shape index (κ2) is 5.38. The summed E-state index contributed by atoms with van der Waals surface area (Å²) in [5.74, 6) is 0.517. The molecule has 0 unspecified atom stereocenters. The summed E-state index contributed by atoms with van der Waals surface area (Å²) >= 11 is 1.49. The number of hydrogen-bond donors (Lipinski definition) is 2. The molecular formula is C13H13N3O2S. The quantitative estimate of drug-likeness (QED) is 0.883. The van der Waals surface area contributed by atoms with Crippen LogP contribution < -0.4 is 15.4 Å². The molecule has 3 rings (SSSR count). The van der Waals surface area contributed by atoms with Crippen molar-refractivity contribution < 1.29 is 9.53 Å². The molecule has 0 fully saturated rings. The number of hydrogen-bond acceptors (Lipinski definition) is 5. The molecule has 0 atom stereocenters. The number of nitrogens with one attached hydrogen (secondary N) is 2. The Morgan fingerprint density at radius 3 is 3.00 bits per heavy atom. The fraction of sp³-hybridized carbons (Fsp3) is 0.231. The van der Waals surface area contributed by atoms with Crippen LogP contribution >= 0.6 is 11.3 Å². The second-order valence-electron chi connectivity index (χ2n) is 4.14. The lowest BCUT2D eigenvalue weighted by molar-refractivity contribution is 0.215. The van der Waals surface area contributed by atoms with E-state index in [1.165, 1.54) is 16.2 Å². The van der Waals surface area contributed by atoms with Crippen LogP contribution in [0.15, 0.2) is 30.3 Å². The van der Waals surface area contributed by atoms with E-state index >= 15 is 0 Å². The van der Waals surface area contributed by atoms with Crippen molar-refractivity contribution >= 4 is 22.6 Å². The highest BCUT2D eigenvalue weighted by molar-refractivity contribution is 7.15. The molecule has 5 nitrogen and oxygen atoms in total. The van der Waals surface area contributed by atoms with Crippen molar-refractivity contribution in [3.63, 3.8) is 0 Å². The van der Waals surface area contributed by atoms with Gasteiger partial charge >= 0.3 is 6.09 Å². The number of amides is 1. The summed E-state index contributed by atoms with van der Waals surface area (Å²) in [4.78, 5) is 17.3. The topological polar surface area (TPSA) is 63.2 Å². The third-order valence-corrected chi connectivity index (χ3v) is 3.78. The summed E-state index contributed by atoms with van der Waals surface area (Å²) in [6.45, 7) is 1.76. The fourth-order valence-corrected chi connectivity index (χ4v) is 2.85. The van der Waals surface area contributed by atoms with Crippen LogP contribution in [0.5, 0.6) is 5.75 Å². The monoisotopic (exact) mass is 275 g/mol. The highest BCUT2D eigenvalue weighted by Gasteiger charge is 2.16. The van der Waals surface area contributed by atoms with Crippen molar-refractivity contribution in [3.05, 3.63) is 40.9 Å². The van der Waals surface area contributed by atoms with Crippen molar-refractivity contribution in [3.8, 4) is 5.75 Å². The van der Waals surface area contributed by atoms with Crippen LogP contribution in [0, 0.1) is 0 Å². The minimum atomic E-state index is -0.509. The molecule has 0 spiro atoms. The Bertz CT molecular complexity index is 559. The van der Waals surface area contributed by atoms with Gasteiger partial charge in [0, 0.05) is 24.4 Å². The Morgan fingerprint density at radius 1 is 1.37 bits per heavy atom. The predicted octanol–water partition coefficient (Wildman–Crippen LogP) is 2.40. The van der Waals surface area contributed by atoms with E-state index in [1.807, 2.05) is 18.2 Å². The van der Waals surface area contributed by atoms with Gasteiger partial charge in [-0.3, -0.25) is 5.32 Å². The maximum atomic E-state index is 11.7. The van der Waals surface area contributed by atoms with Gasteiger partial charge in [-0.15, -0.1) is 0 Å². The number of benzene rings is 1. The molecule has 19 heavy (non-hydrogen) atoms. The van der Waals surface area contributed by atoms with E-state index in [-0.39, 0.29) is 0 Å². The third-order valence-electron chi connectivity index (χ3n) is 2.77. The van der Waals surface area contributed by atoms with E-state index in [4.69, 9.17) is 4.74 Å². The number of thiazole rings is 1. The smallest absolute Gasteiger partial charge is 0.410 e. The first-order valence-electron chi connectivity index (χ1n) is 6.04. The van der Waals surface area contributed by atoms with Gasteiger partial charge in [0.05, 0.1) is 5.69 Å². The lowest BCUT2D eigenvalue weighted by Gasteiger charge is -2.09. The van der Waals surface area contributed by atoms with Crippen molar-refractivity contribution in [1.29, 1.82) is 0 Å². The van der Waals surface area contributed by atoms with Crippen LogP contribution in [-0.4, -0.2) is 17.6 Å². The highest BCUT2D eigenvalue weighted by atomic mass is 32.1. The van der Waals surface area contributed by atoms with E-state index in [2.05, 4.69) is 15.6 Å². The van der Waals surface area contributed by atoms with Crippen LogP contribution in [0.1, 0.15) is 10.6 Å². The summed E-state index contributed by atoms with van der Waals surface area (Å²) in [6, 6.07) is 8.96. The molecule has 6 heteroatoms. The number of para-hydroxylation sites is 1. The van der Waals surface area contributed by atoms with Crippen molar-refractivity contribution in [2.75, 3.05) is 11.9 Å². The number of anilines is 1. The average Bonchev–Trinajstić information content (AvgIpc) is 2.81. The van der Waals surface area contributed by atoms with Gasteiger partial charge in [-0.2, -0.15) is 0 Å². The van der Waals surface area contributed by atoms with Gasteiger partial charge in [0.2, 0.25) is 0 Å². The largest absolute Gasteiger partial charge is 0.418 e. The Balaban J connectivity index is 1.65. The van der Waals surface area contributed by atoms with E-state index < -0.39 is 6.09 Å². The Kier molecular flexibility index (Phi) is 3.43. The van der Waals surface area contributed by atoms with Crippen LogP contribution in [-0.2, 0) is 13.0 Å². The van der Waals surface area contributed by atoms with Gasteiger partial charge in [-0.1, -0.05) is 29.5 Å². The highest BCUT2D eigenvalue weighted by Crippen LogP contribution is 2.25. The lowest BCUT2D eigenvalue weighted by Crippen LogP contribution is -2.22. The molecule has 0 saturated carbocycles. The number of ether oxygens (including phenoxy) is 1.